The van der Waals surface area contributed by atoms with E-state index in [0.29, 0.717) is 23.2 Å². The zero-order valence-corrected chi connectivity index (χ0v) is 8.34. The first-order chi connectivity index (χ1) is 6.24. The van der Waals surface area contributed by atoms with E-state index in [2.05, 4.69) is 15.9 Å². The van der Waals surface area contributed by atoms with Gasteiger partial charge in [0, 0.05) is 0 Å². The van der Waals surface area contributed by atoms with Gasteiger partial charge in [0.15, 0.2) is 0 Å². The van der Waals surface area contributed by atoms with E-state index in [1.54, 1.807) is 0 Å². The Labute approximate surface area is 84.1 Å². The van der Waals surface area contributed by atoms with Crippen LogP contribution in [0, 0.1) is 17.1 Å². The quantitative estimate of drug-likeness (QED) is 0.766. The molecule has 0 saturated carbocycles. The standard InChI is InChI=1S/C9H7BrFNO/c10-8-6-7(2-3-9(8)11)13-5-1-4-12/h2-3,6H,1,5H2. The van der Waals surface area contributed by atoms with E-state index in [9.17, 15) is 4.39 Å². The minimum absolute atomic E-state index is 0.326. The Hall–Kier alpha value is -1.08. The summed E-state index contributed by atoms with van der Waals surface area (Å²) < 4.78 is 18.3. The Morgan fingerprint density at radius 3 is 2.92 bits per heavy atom. The first-order valence-electron chi connectivity index (χ1n) is 3.69. The molecule has 0 fully saturated rings. The predicted molar refractivity (Wildman–Crippen MR) is 49.8 cm³/mol. The molecule has 4 heteroatoms. The number of rotatable bonds is 3. The first-order valence-corrected chi connectivity index (χ1v) is 4.48. The van der Waals surface area contributed by atoms with E-state index in [-0.39, 0.29) is 5.82 Å². The maximum absolute atomic E-state index is 12.7. The van der Waals surface area contributed by atoms with Crippen molar-refractivity contribution in [2.24, 2.45) is 0 Å². The number of hydrogen-bond acceptors (Lipinski definition) is 2. The lowest BCUT2D eigenvalue weighted by Gasteiger charge is -2.03. The van der Waals surface area contributed by atoms with E-state index < -0.39 is 0 Å². The van der Waals surface area contributed by atoms with Crippen molar-refractivity contribution in [2.45, 2.75) is 6.42 Å². The lowest BCUT2D eigenvalue weighted by Crippen LogP contribution is -1.95. The zero-order chi connectivity index (χ0) is 9.68. The molecule has 0 N–H and O–H groups in total. The van der Waals surface area contributed by atoms with Crippen molar-refractivity contribution in [1.29, 1.82) is 5.26 Å². The monoisotopic (exact) mass is 243 g/mol. The van der Waals surface area contributed by atoms with Gasteiger partial charge < -0.3 is 4.74 Å². The number of ether oxygens (including phenoxy) is 1. The molecule has 68 valence electrons. The SMILES string of the molecule is N#CCCOc1ccc(F)c(Br)c1. The number of hydrogen-bond donors (Lipinski definition) is 0. The van der Waals surface area contributed by atoms with Gasteiger partial charge in [0.05, 0.1) is 17.0 Å². The lowest BCUT2D eigenvalue weighted by molar-refractivity contribution is 0.326. The summed E-state index contributed by atoms with van der Waals surface area (Å²) in [4.78, 5) is 0. The molecule has 0 heterocycles. The minimum Gasteiger partial charge on any atom is -0.492 e. The second-order valence-electron chi connectivity index (χ2n) is 2.33. The van der Waals surface area contributed by atoms with Crippen molar-refractivity contribution in [2.75, 3.05) is 6.61 Å². The van der Waals surface area contributed by atoms with E-state index in [0.717, 1.165) is 0 Å². The zero-order valence-electron chi connectivity index (χ0n) is 6.76. The van der Waals surface area contributed by atoms with Gasteiger partial charge in [-0.3, -0.25) is 0 Å². The van der Waals surface area contributed by atoms with Crippen LogP contribution in [0.1, 0.15) is 6.42 Å². The molecule has 0 saturated heterocycles. The summed E-state index contributed by atoms with van der Waals surface area (Å²) in [6.07, 6.45) is 0.328. The number of nitriles is 1. The van der Waals surface area contributed by atoms with Crippen LogP contribution in [0.3, 0.4) is 0 Å². The molecule has 13 heavy (non-hydrogen) atoms. The van der Waals surface area contributed by atoms with Crippen LogP contribution in [0.25, 0.3) is 0 Å². The van der Waals surface area contributed by atoms with Gasteiger partial charge in [0.1, 0.15) is 18.2 Å². The van der Waals surface area contributed by atoms with Crippen LogP contribution in [0.15, 0.2) is 22.7 Å². The van der Waals surface area contributed by atoms with Crippen LogP contribution >= 0.6 is 15.9 Å². The molecule has 0 aliphatic heterocycles. The van der Waals surface area contributed by atoms with Gasteiger partial charge in [-0.2, -0.15) is 5.26 Å². The molecule has 0 aliphatic carbocycles. The predicted octanol–water partition coefficient (Wildman–Crippen LogP) is 2.88. The average Bonchev–Trinajstić information content (AvgIpc) is 2.12. The summed E-state index contributed by atoms with van der Waals surface area (Å²) in [6.45, 7) is 0.328. The maximum atomic E-state index is 12.7. The minimum atomic E-state index is -0.326. The van der Waals surface area contributed by atoms with Gasteiger partial charge in [0.25, 0.3) is 0 Å². The van der Waals surface area contributed by atoms with Gasteiger partial charge in [-0.1, -0.05) is 0 Å². The summed E-state index contributed by atoms with van der Waals surface area (Å²) in [6, 6.07) is 6.32. The molecule has 0 unspecified atom stereocenters. The Bertz CT molecular complexity index is 335. The largest absolute Gasteiger partial charge is 0.492 e. The Morgan fingerprint density at radius 1 is 1.54 bits per heavy atom. The van der Waals surface area contributed by atoms with E-state index in [1.165, 1.54) is 18.2 Å². The Balaban J connectivity index is 2.59. The molecular formula is C9H7BrFNO. The van der Waals surface area contributed by atoms with Crippen LogP contribution < -0.4 is 4.74 Å². The van der Waals surface area contributed by atoms with Crippen LogP contribution in [0.4, 0.5) is 4.39 Å². The van der Waals surface area contributed by atoms with Crippen LogP contribution in [0.2, 0.25) is 0 Å². The second-order valence-corrected chi connectivity index (χ2v) is 3.19. The molecular weight excluding hydrogens is 237 g/mol. The van der Waals surface area contributed by atoms with Gasteiger partial charge in [-0.25, -0.2) is 4.39 Å². The second kappa shape index (κ2) is 4.83. The molecule has 0 amide bonds. The fourth-order valence-corrected chi connectivity index (χ4v) is 1.14. The van der Waals surface area contributed by atoms with E-state index in [1.807, 2.05) is 6.07 Å². The Kier molecular flexibility index (Phi) is 3.71. The summed E-state index contributed by atoms with van der Waals surface area (Å²) in [7, 11) is 0. The number of benzene rings is 1. The summed E-state index contributed by atoms with van der Waals surface area (Å²) >= 11 is 3.04. The molecule has 1 rings (SSSR count). The van der Waals surface area contributed by atoms with Crippen LogP contribution in [-0.4, -0.2) is 6.61 Å². The third kappa shape index (κ3) is 3.03. The average molecular weight is 244 g/mol. The molecule has 0 atom stereocenters. The normalized spacial score (nSPS) is 9.31. The highest BCUT2D eigenvalue weighted by Crippen LogP contribution is 2.21. The van der Waals surface area contributed by atoms with Crippen molar-refractivity contribution in [3.05, 3.63) is 28.5 Å². The van der Waals surface area contributed by atoms with Crippen molar-refractivity contribution >= 4 is 15.9 Å². The third-order valence-corrected chi connectivity index (χ3v) is 1.98. The summed E-state index contributed by atoms with van der Waals surface area (Å²) in [5.74, 6) is 0.233. The maximum Gasteiger partial charge on any atom is 0.137 e. The van der Waals surface area contributed by atoms with Gasteiger partial charge in [-0.15, -0.1) is 0 Å². The highest BCUT2D eigenvalue weighted by atomic mass is 79.9. The number of nitrogens with zero attached hydrogens (tertiary/aromatic N) is 1. The third-order valence-electron chi connectivity index (χ3n) is 1.37. The van der Waals surface area contributed by atoms with Crippen molar-refractivity contribution in [1.82, 2.24) is 0 Å². The fraction of sp³-hybridized carbons (Fsp3) is 0.222. The van der Waals surface area contributed by atoms with Crippen molar-refractivity contribution in [3.63, 3.8) is 0 Å². The van der Waals surface area contributed by atoms with Crippen molar-refractivity contribution in [3.8, 4) is 11.8 Å². The molecule has 2 nitrogen and oxygen atoms in total. The van der Waals surface area contributed by atoms with E-state index in [4.69, 9.17) is 10.00 Å². The fourth-order valence-electron chi connectivity index (χ4n) is 0.781. The van der Waals surface area contributed by atoms with Gasteiger partial charge >= 0.3 is 0 Å². The summed E-state index contributed by atoms with van der Waals surface area (Å²) in [5.41, 5.74) is 0. The number of halogens is 2. The molecule has 0 aliphatic rings. The summed E-state index contributed by atoms with van der Waals surface area (Å²) in [5, 5.41) is 8.24. The van der Waals surface area contributed by atoms with Crippen molar-refractivity contribution < 1.29 is 9.13 Å². The first kappa shape index (κ1) is 10.0. The molecule has 1 aromatic rings. The molecule has 1 aromatic carbocycles. The topological polar surface area (TPSA) is 33.0 Å². The van der Waals surface area contributed by atoms with Gasteiger partial charge in [0.2, 0.25) is 0 Å². The lowest BCUT2D eigenvalue weighted by atomic mass is 10.3. The molecule has 0 aromatic heterocycles. The smallest absolute Gasteiger partial charge is 0.137 e. The molecule has 0 spiro atoms. The van der Waals surface area contributed by atoms with E-state index >= 15 is 0 Å². The van der Waals surface area contributed by atoms with Crippen LogP contribution in [-0.2, 0) is 0 Å². The Morgan fingerprint density at radius 2 is 2.31 bits per heavy atom. The van der Waals surface area contributed by atoms with Gasteiger partial charge in [-0.05, 0) is 34.1 Å². The molecule has 0 radical (unpaired) electrons. The molecule has 0 bridgehead atoms. The highest BCUT2D eigenvalue weighted by molar-refractivity contribution is 9.10. The highest BCUT2D eigenvalue weighted by Gasteiger charge is 2.00. The van der Waals surface area contributed by atoms with Crippen LogP contribution in [0.5, 0.6) is 5.75 Å².